The zero-order chi connectivity index (χ0) is 29.4. The van der Waals surface area contributed by atoms with Crippen LogP contribution in [0.4, 0.5) is 16.2 Å². The molecule has 1 aliphatic heterocycles. The van der Waals surface area contributed by atoms with E-state index in [1.165, 1.54) is 13.2 Å². The topological polar surface area (TPSA) is 135 Å². The minimum Gasteiger partial charge on any atom is -0.495 e. The monoisotopic (exact) mass is 670 g/mol. The van der Waals surface area contributed by atoms with Crippen molar-refractivity contribution in [2.45, 2.75) is 6.92 Å². The van der Waals surface area contributed by atoms with Gasteiger partial charge in [0, 0.05) is 5.69 Å². The second-order valence-corrected chi connectivity index (χ2v) is 9.76. The Kier molecular flexibility index (Phi) is 9.79. The van der Waals surface area contributed by atoms with E-state index < -0.39 is 24.4 Å². The number of urea groups is 1. The number of nitrogens with zero attached hydrogens (tertiary/aromatic N) is 1. The molecule has 0 unspecified atom stereocenters. The molecule has 0 atom stereocenters. The fraction of sp³-hybridized carbons (Fsp3) is 0.172. The normalized spacial score (nSPS) is 13.5. The first-order chi connectivity index (χ1) is 19.8. The molecular weight excluding hydrogens is 643 g/mol. The summed E-state index contributed by atoms with van der Waals surface area (Å²) in [5.74, 6) is -0.378. The number of hydrogen-bond donors (Lipinski definition) is 3. The Morgan fingerprint density at radius 1 is 0.951 bits per heavy atom. The van der Waals surface area contributed by atoms with Gasteiger partial charge >= 0.3 is 6.03 Å². The third-order valence-electron chi connectivity index (χ3n) is 5.69. The van der Waals surface area contributed by atoms with Gasteiger partial charge in [0.25, 0.3) is 11.8 Å². The Bertz CT molecular complexity index is 1490. The van der Waals surface area contributed by atoms with Crippen molar-refractivity contribution >= 4 is 63.8 Å². The lowest BCUT2D eigenvalue weighted by atomic mass is 10.1. The quantitative estimate of drug-likeness (QED) is 0.158. The van der Waals surface area contributed by atoms with Gasteiger partial charge in [0.2, 0.25) is 5.91 Å². The number of ether oxygens (including phenoxy) is 3. The van der Waals surface area contributed by atoms with Crippen LogP contribution in [0.3, 0.4) is 0 Å². The van der Waals surface area contributed by atoms with Crippen molar-refractivity contribution in [1.29, 1.82) is 0 Å². The summed E-state index contributed by atoms with van der Waals surface area (Å²) in [4.78, 5) is 51.3. The number of rotatable bonds is 11. The zero-order valence-corrected chi connectivity index (χ0v) is 24.4. The van der Waals surface area contributed by atoms with Crippen molar-refractivity contribution in [2.75, 3.05) is 37.5 Å². The minimum absolute atomic E-state index is 0.00533. The maximum atomic E-state index is 13.0. The molecule has 1 saturated heterocycles. The van der Waals surface area contributed by atoms with Crippen molar-refractivity contribution in [2.24, 2.45) is 0 Å². The van der Waals surface area contributed by atoms with Crippen LogP contribution in [-0.2, 0) is 14.4 Å². The number of anilines is 2. The van der Waals surface area contributed by atoms with Crippen LogP contribution in [0.5, 0.6) is 17.2 Å². The Labute approximate surface area is 250 Å². The number of methoxy groups -OCH3 is 1. The molecule has 3 N–H and O–H groups in total. The molecule has 41 heavy (non-hydrogen) atoms. The van der Waals surface area contributed by atoms with Gasteiger partial charge in [-0.25, -0.2) is 9.69 Å². The molecule has 1 fully saturated rings. The number of halogens is 1. The molecule has 0 spiro atoms. The molecule has 0 saturated carbocycles. The van der Waals surface area contributed by atoms with Crippen LogP contribution in [0, 0.1) is 3.57 Å². The van der Waals surface area contributed by atoms with Crippen LogP contribution >= 0.6 is 22.6 Å². The average molecular weight is 670 g/mol. The number of nitrogens with one attached hydrogen (secondary N) is 3. The molecular formula is C29H27IN4O7. The first-order valence-corrected chi connectivity index (χ1v) is 13.6. The van der Waals surface area contributed by atoms with Gasteiger partial charge in [-0.05, 0) is 77.6 Å². The lowest BCUT2D eigenvalue weighted by Gasteiger charge is -2.15. The summed E-state index contributed by atoms with van der Waals surface area (Å²) in [6, 6.07) is 18.5. The number of imide groups is 1. The fourth-order valence-corrected chi connectivity index (χ4v) is 4.67. The van der Waals surface area contributed by atoms with Gasteiger partial charge in [-0.2, -0.15) is 0 Å². The molecule has 0 bridgehead atoms. The molecule has 12 heteroatoms. The SMILES string of the molecule is CCOc1cc(/C=C2/NC(=O)N(CC(=O)Nc3ccccc3OC)C2=O)cc(I)c1OCC(=O)Nc1ccccc1. The summed E-state index contributed by atoms with van der Waals surface area (Å²) in [6.45, 7) is 1.40. The van der Waals surface area contributed by atoms with E-state index in [9.17, 15) is 19.2 Å². The Morgan fingerprint density at radius 3 is 2.41 bits per heavy atom. The van der Waals surface area contributed by atoms with Gasteiger partial charge in [-0.1, -0.05) is 30.3 Å². The van der Waals surface area contributed by atoms with Gasteiger partial charge < -0.3 is 30.2 Å². The molecule has 5 amide bonds. The van der Waals surface area contributed by atoms with Crippen molar-refractivity contribution in [3.8, 4) is 17.2 Å². The van der Waals surface area contributed by atoms with Crippen molar-refractivity contribution < 1.29 is 33.4 Å². The Morgan fingerprint density at radius 2 is 1.68 bits per heavy atom. The summed E-state index contributed by atoms with van der Waals surface area (Å²) in [5.41, 5.74) is 1.61. The maximum absolute atomic E-state index is 13.0. The molecule has 0 aliphatic carbocycles. The van der Waals surface area contributed by atoms with E-state index in [2.05, 4.69) is 16.0 Å². The predicted molar refractivity (Wildman–Crippen MR) is 161 cm³/mol. The average Bonchev–Trinajstić information content (AvgIpc) is 3.20. The van der Waals surface area contributed by atoms with Crippen molar-refractivity contribution in [1.82, 2.24) is 10.2 Å². The van der Waals surface area contributed by atoms with Gasteiger partial charge in [-0.15, -0.1) is 0 Å². The van der Waals surface area contributed by atoms with Crippen LogP contribution in [0.25, 0.3) is 6.08 Å². The largest absolute Gasteiger partial charge is 0.495 e. The highest BCUT2D eigenvalue weighted by Gasteiger charge is 2.35. The zero-order valence-electron chi connectivity index (χ0n) is 22.2. The van der Waals surface area contributed by atoms with E-state index in [0.29, 0.717) is 44.4 Å². The smallest absolute Gasteiger partial charge is 0.329 e. The summed E-state index contributed by atoms with van der Waals surface area (Å²) >= 11 is 2.04. The van der Waals surface area contributed by atoms with Gasteiger partial charge in [0.05, 0.1) is 23.0 Å². The summed E-state index contributed by atoms with van der Waals surface area (Å²) in [5, 5.41) is 7.91. The molecule has 0 radical (unpaired) electrons. The molecule has 0 aromatic heterocycles. The van der Waals surface area contributed by atoms with E-state index in [0.717, 1.165) is 4.90 Å². The highest BCUT2D eigenvalue weighted by molar-refractivity contribution is 14.1. The molecule has 11 nitrogen and oxygen atoms in total. The second-order valence-electron chi connectivity index (χ2n) is 8.59. The maximum Gasteiger partial charge on any atom is 0.329 e. The predicted octanol–water partition coefficient (Wildman–Crippen LogP) is 4.25. The first kappa shape index (κ1) is 29.4. The Hall–Kier alpha value is -4.59. The van der Waals surface area contributed by atoms with Crippen LogP contribution in [-0.4, -0.2) is 55.5 Å². The summed E-state index contributed by atoms with van der Waals surface area (Å²) in [6.07, 6.45) is 1.48. The van der Waals surface area contributed by atoms with Crippen LogP contribution < -0.4 is 30.2 Å². The minimum atomic E-state index is -0.722. The third-order valence-corrected chi connectivity index (χ3v) is 6.49. The molecule has 4 rings (SSSR count). The number of hydrogen-bond acceptors (Lipinski definition) is 7. The molecule has 3 aromatic carbocycles. The van der Waals surface area contributed by atoms with E-state index in [1.807, 2.05) is 40.8 Å². The highest BCUT2D eigenvalue weighted by atomic mass is 127. The lowest BCUT2D eigenvalue weighted by molar-refractivity contribution is -0.127. The summed E-state index contributed by atoms with van der Waals surface area (Å²) in [7, 11) is 1.47. The number of para-hydroxylation sites is 3. The van der Waals surface area contributed by atoms with E-state index in [4.69, 9.17) is 14.2 Å². The number of carbonyl (C=O) groups excluding carboxylic acids is 4. The molecule has 3 aromatic rings. The third kappa shape index (κ3) is 7.54. The highest BCUT2D eigenvalue weighted by Crippen LogP contribution is 2.35. The molecule has 212 valence electrons. The number of amides is 5. The summed E-state index contributed by atoms with van der Waals surface area (Å²) < 4.78 is 17.4. The first-order valence-electron chi connectivity index (χ1n) is 12.5. The van der Waals surface area contributed by atoms with E-state index >= 15 is 0 Å². The van der Waals surface area contributed by atoms with Gasteiger partial charge in [-0.3, -0.25) is 14.4 Å². The Balaban J connectivity index is 1.45. The van der Waals surface area contributed by atoms with Crippen molar-refractivity contribution in [3.63, 3.8) is 0 Å². The second kappa shape index (κ2) is 13.7. The van der Waals surface area contributed by atoms with Gasteiger partial charge in [0.1, 0.15) is 18.0 Å². The van der Waals surface area contributed by atoms with Crippen LogP contribution in [0.15, 0.2) is 72.4 Å². The van der Waals surface area contributed by atoms with Crippen LogP contribution in [0.1, 0.15) is 12.5 Å². The van der Waals surface area contributed by atoms with Crippen molar-refractivity contribution in [3.05, 3.63) is 81.6 Å². The molecule has 1 aliphatic rings. The molecule has 1 heterocycles. The van der Waals surface area contributed by atoms with Crippen LogP contribution in [0.2, 0.25) is 0 Å². The fourth-order valence-electron chi connectivity index (χ4n) is 3.89. The van der Waals surface area contributed by atoms with E-state index in [-0.39, 0.29) is 18.2 Å². The lowest BCUT2D eigenvalue weighted by Crippen LogP contribution is -2.38. The number of benzene rings is 3. The standard InChI is InChI=1S/C29H27IN4O7/c1-3-40-24-15-18(13-20(30)27(24)41-17-26(36)31-19-9-5-4-6-10-19)14-22-28(37)34(29(38)33-22)16-25(35)32-21-11-7-8-12-23(21)39-2/h4-15H,3,16-17H2,1-2H3,(H,31,36)(H,32,35)(H,33,38)/b22-14+. The van der Waals surface area contributed by atoms with Gasteiger partial charge in [0.15, 0.2) is 18.1 Å². The number of carbonyl (C=O) groups is 4. The van der Waals surface area contributed by atoms with E-state index in [1.54, 1.807) is 55.5 Å².